The van der Waals surface area contributed by atoms with Gasteiger partial charge in [0.1, 0.15) is 12.1 Å². The largest absolute Gasteiger partial charge is 0.482 e. The summed E-state index contributed by atoms with van der Waals surface area (Å²) in [5, 5.41) is 16.6. The molecule has 2 N–H and O–H groups in total. The van der Waals surface area contributed by atoms with Crippen molar-refractivity contribution in [3.8, 4) is 11.4 Å². The van der Waals surface area contributed by atoms with Crippen molar-refractivity contribution < 1.29 is 14.3 Å². The van der Waals surface area contributed by atoms with Crippen LogP contribution in [0.1, 0.15) is 15.9 Å². The molecule has 0 spiro atoms. The number of aryl methyl sites for hydroxylation is 1. The number of hydrogen-bond acceptors (Lipinski definition) is 6. The van der Waals surface area contributed by atoms with E-state index in [1.165, 1.54) is 11.0 Å². The summed E-state index contributed by atoms with van der Waals surface area (Å²) >= 11 is 0. The molecule has 2 heterocycles. The van der Waals surface area contributed by atoms with Crippen molar-refractivity contribution in [1.29, 1.82) is 0 Å². The van der Waals surface area contributed by atoms with Gasteiger partial charge >= 0.3 is 0 Å². The van der Waals surface area contributed by atoms with Gasteiger partial charge in [-0.05, 0) is 53.2 Å². The van der Waals surface area contributed by atoms with E-state index >= 15 is 0 Å². The van der Waals surface area contributed by atoms with Gasteiger partial charge in [0.2, 0.25) is 0 Å². The van der Waals surface area contributed by atoms with Crippen molar-refractivity contribution in [1.82, 2.24) is 20.2 Å². The van der Waals surface area contributed by atoms with Gasteiger partial charge in [0.05, 0.1) is 11.4 Å². The van der Waals surface area contributed by atoms with Crippen LogP contribution in [0.15, 0.2) is 42.7 Å². The third-order valence-corrected chi connectivity index (χ3v) is 3.94. The molecule has 4 rings (SSSR count). The number of carbonyl (C=O) groups excluding carboxylic acids is 2. The number of benzene rings is 2. The van der Waals surface area contributed by atoms with Crippen LogP contribution in [0.25, 0.3) is 5.69 Å². The Morgan fingerprint density at radius 1 is 1.27 bits per heavy atom. The number of tetrazole rings is 1. The molecule has 2 aromatic carbocycles. The van der Waals surface area contributed by atoms with Crippen molar-refractivity contribution in [2.24, 2.45) is 0 Å². The Morgan fingerprint density at radius 3 is 2.96 bits per heavy atom. The summed E-state index contributed by atoms with van der Waals surface area (Å²) in [5.74, 6) is -0.0173. The summed E-state index contributed by atoms with van der Waals surface area (Å²) in [6, 6.07) is 10.3. The van der Waals surface area contributed by atoms with Crippen molar-refractivity contribution in [2.45, 2.75) is 6.92 Å². The predicted octanol–water partition coefficient (Wildman–Crippen LogP) is 1.55. The molecule has 1 aliphatic rings. The molecule has 1 aliphatic heterocycles. The zero-order valence-electron chi connectivity index (χ0n) is 13.8. The van der Waals surface area contributed by atoms with Crippen LogP contribution in [0.2, 0.25) is 0 Å². The summed E-state index contributed by atoms with van der Waals surface area (Å²) < 4.78 is 6.82. The minimum absolute atomic E-state index is 0.0260. The fourth-order valence-electron chi connectivity index (χ4n) is 2.63. The van der Waals surface area contributed by atoms with Crippen LogP contribution in [-0.2, 0) is 4.79 Å². The van der Waals surface area contributed by atoms with E-state index in [1.54, 1.807) is 30.3 Å². The molecule has 0 unspecified atom stereocenters. The first-order chi connectivity index (χ1) is 12.6. The van der Waals surface area contributed by atoms with Crippen LogP contribution in [0.3, 0.4) is 0 Å². The van der Waals surface area contributed by atoms with Crippen LogP contribution in [0.5, 0.6) is 5.75 Å². The number of hydrogen-bond donors (Lipinski definition) is 2. The minimum atomic E-state index is -0.306. The van der Waals surface area contributed by atoms with Gasteiger partial charge in [-0.25, -0.2) is 4.68 Å². The van der Waals surface area contributed by atoms with E-state index in [4.69, 9.17) is 4.74 Å². The summed E-state index contributed by atoms with van der Waals surface area (Å²) in [5.41, 5.74) is 3.21. The zero-order chi connectivity index (χ0) is 18.1. The number of fused-ring (bicyclic) bond motifs is 1. The molecule has 0 atom stereocenters. The van der Waals surface area contributed by atoms with E-state index in [0.717, 1.165) is 11.3 Å². The van der Waals surface area contributed by atoms with E-state index in [9.17, 15) is 9.59 Å². The summed E-state index contributed by atoms with van der Waals surface area (Å²) in [7, 11) is 0. The Kier molecular flexibility index (Phi) is 3.81. The van der Waals surface area contributed by atoms with Gasteiger partial charge < -0.3 is 15.4 Å². The number of aromatic nitrogens is 4. The number of rotatable bonds is 3. The molecule has 26 heavy (non-hydrogen) atoms. The zero-order valence-corrected chi connectivity index (χ0v) is 13.8. The standard InChI is InChI=1S/C17H14N6O3/c1-10-2-4-12(7-14(10)23-9-18-21-22-23)19-17(25)11-3-5-15-13(6-11)20-16(24)8-26-15/h2-7,9H,8H2,1H3,(H,19,25)(H,20,24). The van der Waals surface area contributed by atoms with Crippen molar-refractivity contribution >= 4 is 23.2 Å². The second kappa shape index (κ2) is 6.28. The van der Waals surface area contributed by atoms with Crippen LogP contribution >= 0.6 is 0 Å². The maximum Gasteiger partial charge on any atom is 0.262 e. The van der Waals surface area contributed by atoms with Crippen molar-refractivity contribution in [3.05, 3.63) is 53.9 Å². The van der Waals surface area contributed by atoms with E-state index in [-0.39, 0.29) is 18.4 Å². The smallest absolute Gasteiger partial charge is 0.262 e. The third kappa shape index (κ3) is 2.97. The minimum Gasteiger partial charge on any atom is -0.482 e. The van der Waals surface area contributed by atoms with Crippen molar-refractivity contribution in [2.75, 3.05) is 17.2 Å². The molecule has 9 nitrogen and oxygen atoms in total. The highest BCUT2D eigenvalue weighted by molar-refractivity contribution is 6.06. The van der Waals surface area contributed by atoms with Gasteiger partial charge in [0.25, 0.3) is 11.8 Å². The maximum absolute atomic E-state index is 12.6. The first kappa shape index (κ1) is 15.8. The summed E-state index contributed by atoms with van der Waals surface area (Å²) in [6.45, 7) is 1.90. The molecule has 0 saturated heterocycles. The van der Waals surface area contributed by atoms with Gasteiger partial charge in [-0.2, -0.15) is 0 Å². The lowest BCUT2D eigenvalue weighted by molar-refractivity contribution is -0.118. The normalized spacial score (nSPS) is 12.7. The number of nitrogens with one attached hydrogen (secondary N) is 2. The summed E-state index contributed by atoms with van der Waals surface area (Å²) in [4.78, 5) is 24.0. The van der Waals surface area contributed by atoms with Gasteiger partial charge in [-0.1, -0.05) is 6.07 Å². The van der Waals surface area contributed by atoms with E-state index in [1.807, 2.05) is 13.0 Å². The van der Waals surface area contributed by atoms with Gasteiger partial charge in [-0.15, -0.1) is 5.10 Å². The average Bonchev–Trinajstić information content (AvgIpc) is 3.17. The second-order valence-corrected chi connectivity index (χ2v) is 5.76. The molecule has 2 amide bonds. The molecule has 0 radical (unpaired) electrons. The molecule has 1 aromatic heterocycles. The predicted molar refractivity (Wildman–Crippen MR) is 92.4 cm³/mol. The molecule has 3 aromatic rings. The third-order valence-electron chi connectivity index (χ3n) is 3.94. The van der Waals surface area contributed by atoms with E-state index in [0.29, 0.717) is 22.7 Å². The fraction of sp³-hybridized carbons (Fsp3) is 0.118. The maximum atomic E-state index is 12.6. The lowest BCUT2D eigenvalue weighted by Crippen LogP contribution is -2.25. The molecule has 0 aliphatic carbocycles. The second-order valence-electron chi connectivity index (χ2n) is 5.76. The number of amides is 2. The number of nitrogens with zero attached hydrogens (tertiary/aromatic N) is 4. The van der Waals surface area contributed by atoms with Crippen LogP contribution < -0.4 is 15.4 Å². The molecule has 0 fully saturated rings. The highest BCUT2D eigenvalue weighted by atomic mass is 16.5. The van der Waals surface area contributed by atoms with E-state index < -0.39 is 0 Å². The highest BCUT2D eigenvalue weighted by Gasteiger charge is 2.18. The molecule has 0 bridgehead atoms. The Hall–Kier alpha value is -3.75. The van der Waals surface area contributed by atoms with Crippen molar-refractivity contribution in [3.63, 3.8) is 0 Å². The molecular weight excluding hydrogens is 336 g/mol. The Labute approximate surface area is 148 Å². The van der Waals surface area contributed by atoms with Gasteiger partial charge in [0.15, 0.2) is 6.61 Å². The van der Waals surface area contributed by atoms with E-state index in [2.05, 4.69) is 26.2 Å². The van der Waals surface area contributed by atoms with Crippen LogP contribution in [0.4, 0.5) is 11.4 Å². The Balaban J connectivity index is 1.58. The molecular formula is C17H14N6O3. The van der Waals surface area contributed by atoms with Crippen LogP contribution in [0, 0.1) is 6.92 Å². The van der Waals surface area contributed by atoms with Crippen LogP contribution in [-0.4, -0.2) is 38.6 Å². The fourth-order valence-corrected chi connectivity index (χ4v) is 2.63. The number of ether oxygens (including phenoxy) is 1. The lowest BCUT2D eigenvalue weighted by atomic mass is 10.1. The molecule has 9 heteroatoms. The summed E-state index contributed by atoms with van der Waals surface area (Å²) in [6.07, 6.45) is 1.49. The SMILES string of the molecule is Cc1ccc(NC(=O)c2ccc3c(c2)NC(=O)CO3)cc1-n1cnnn1. The lowest BCUT2D eigenvalue weighted by Gasteiger charge is -2.18. The van der Waals surface area contributed by atoms with Gasteiger partial charge in [0, 0.05) is 11.3 Å². The molecule has 0 saturated carbocycles. The number of anilines is 2. The topological polar surface area (TPSA) is 111 Å². The first-order valence-corrected chi connectivity index (χ1v) is 7.82. The Morgan fingerprint density at radius 2 is 2.15 bits per heavy atom. The van der Waals surface area contributed by atoms with Gasteiger partial charge in [-0.3, -0.25) is 9.59 Å². The Bertz CT molecular complexity index is 1000. The number of carbonyl (C=O) groups is 2. The molecule has 130 valence electrons. The monoisotopic (exact) mass is 350 g/mol. The quantitative estimate of drug-likeness (QED) is 0.741. The highest BCUT2D eigenvalue weighted by Crippen LogP contribution is 2.29. The first-order valence-electron chi connectivity index (χ1n) is 7.82. The average molecular weight is 350 g/mol.